The van der Waals surface area contributed by atoms with Gasteiger partial charge in [0, 0.05) is 10.9 Å². The monoisotopic (exact) mass is 258 g/mol. The van der Waals surface area contributed by atoms with E-state index in [4.69, 9.17) is 4.42 Å². The van der Waals surface area contributed by atoms with E-state index in [1.54, 1.807) is 11.3 Å². The first-order valence-electron chi connectivity index (χ1n) is 3.87. The molecule has 0 unspecified atom stereocenters. The second-order valence-corrected chi connectivity index (χ2v) is 4.22. The summed E-state index contributed by atoms with van der Waals surface area (Å²) < 4.78 is 6.42. The van der Waals surface area contributed by atoms with E-state index in [1.807, 2.05) is 18.4 Å². The molecule has 0 spiro atoms. The van der Waals surface area contributed by atoms with Crippen LogP contribution in [-0.4, -0.2) is 10.2 Å². The van der Waals surface area contributed by atoms with Crippen molar-refractivity contribution in [2.24, 2.45) is 0 Å². The fraction of sp³-hybridized carbons (Fsp3) is 0.250. The van der Waals surface area contributed by atoms with Gasteiger partial charge in [0.1, 0.15) is 4.88 Å². The maximum atomic E-state index is 5.42. The number of rotatable bonds is 2. The average molecular weight is 259 g/mol. The molecule has 0 radical (unpaired) electrons. The van der Waals surface area contributed by atoms with Gasteiger partial charge in [0.25, 0.3) is 5.89 Å². The summed E-state index contributed by atoms with van der Waals surface area (Å²) in [4.78, 5) is 0.993. The van der Waals surface area contributed by atoms with Crippen molar-refractivity contribution in [3.05, 3.63) is 21.8 Å². The van der Waals surface area contributed by atoms with Gasteiger partial charge in [-0.3, -0.25) is 0 Å². The summed E-state index contributed by atoms with van der Waals surface area (Å²) in [5.74, 6) is 1.27. The Morgan fingerprint density at radius 2 is 2.38 bits per heavy atom. The molecule has 2 heterocycles. The highest BCUT2D eigenvalue weighted by atomic mass is 79.9. The molecule has 0 amide bonds. The predicted octanol–water partition coefficient (Wildman–Crippen LogP) is 3.12. The van der Waals surface area contributed by atoms with Gasteiger partial charge in [0.05, 0.1) is 0 Å². The van der Waals surface area contributed by atoms with Gasteiger partial charge in [-0.15, -0.1) is 21.5 Å². The molecule has 13 heavy (non-hydrogen) atoms. The molecule has 2 aromatic rings. The summed E-state index contributed by atoms with van der Waals surface area (Å²) in [6.45, 7) is 1.99. The highest BCUT2D eigenvalue weighted by molar-refractivity contribution is 9.10. The van der Waals surface area contributed by atoms with Gasteiger partial charge in [0.2, 0.25) is 5.89 Å². The van der Waals surface area contributed by atoms with Gasteiger partial charge in [-0.05, 0) is 27.4 Å². The van der Waals surface area contributed by atoms with Gasteiger partial charge >= 0.3 is 0 Å². The quantitative estimate of drug-likeness (QED) is 0.831. The Bertz CT molecular complexity index is 410. The molecule has 2 aromatic heterocycles. The zero-order valence-electron chi connectivity index (χ0n) is 6.95. The van der Waals surface area contributed by atoms with Crippen molar-refractivity contribution in [3.63, 3.8) is 0 Å². The van der Waals surface area contributed by atoms with Crippen molar-refractivity contribution in [2.75, 3.05) is 0 Å². The fourth-order valence-corrected chi connectivity index (χ4v) is 2.40. The summed E-state index contributed by atoms with van der Waals surface area (Å²) >= 11 is 5.00. The Morgan fingerprint density at radius 3 is 2.92 bits per heavy atom. The molecule has 0 aromatic carbocycles. The van der Waals surface area contributed by atoms with Crippen molar-refractivity contribution in [2.45, 2.75) is 13.3 Å². The summed E-state index contributed by atoms with van der Waals surface area (Å²) in [6.07, 6.45) is 0.774. The molecule has 0 aliphatic rings. The van der Waals surface area contributed by atoms with Crippen LogP contribution in [0.3, 0.4) is 0 Å². The highest BCUT2D eigenvalue weighted by Crippen LogP contribution is 2.32. The number of nitrogens with zero attached hydrogens (tertiary/aromatic N) is 2. The molecule has 0 fully saturated rings. The lowest BCUT2D eigenvalue weighted by Gasteiger charge is -1.88. The van der Waals surface area contributed by atoms with Crippen LogP contribution in [0.1, 0.15) is 12.8 Å². The molecule has 0 aliphatic heterocycles. The van der Waals surface area contributed by atoms with Gasteiger partial charge in [-0.25, -0.2) is 0 Å². The molecule has 3 nitrogen and oxygen atoms in total. The molecule has 5 heteroatoms. The van der Waals surface area contributed by atoms with Crippen LogP contribution in [0.25, 0.3) is 10.8 Å². The van der Waals surface area contributed by atoms with Crippen LogP contribution in [0.15, 0.2) is 20.3 Å². The zero-order valence-corrected chi connectivity index (χ0v) is 9.35. The van der Waals surface area contributed by atoms with Gasteiger partial charge in [0.15, 0.2) is 0 Å². The van der Waals surface area contributed by atoms with E-state index >= 15 is 0 Å². The first-order chi connectivity index (χ1) is 6.31. The van der Waals surface area contributed by atoms with Crippen LogP contribution >= 0.6 is 27.3 Å². The first-order valence-corrected chi connectivity index (χ1v) is 5.54. The van der Waals surface area contributed by atoms with Crippen molar-refractivity contribution >= 4 is 27.3 Å². The van der Waals surface area contributed by atoms with Crippen molar-refractivity contribution in [3.8, 4) is 10.8 Å². The minimum atomic E-state index is 0.596. The lowest BCUT2D eigenvalue weighted by molar-refractivity contribution is 0.513. The van der Waals surface area contributed by atoms with Crippen LogP contribution in [0, 0.1) is 0 Å². The maximum Gasteiger partial charge on any atom is 0.258 e. The second-order valence-electron chi connectivity index (χ2n) is 2.45. The number of hydrogen-bond acceptors (Lipinski definition) is 4. The molecule has 0 N–H and O–H groups in total. The number of halogens is 1. The number of thiophene rings is 1. The van der Waals surface area contributed by atoms with E-state index in [0.29, 0.717) is 11.8 Å². The maximum absolute atomic E-state index is 5.42. The van der Waals surface area contributed by atoms with Crippen LogP contribution < -0.4 is 0 Å². The van der Waals surface area contributed by atoms with Crippen LogP contribution in [-0.2, 0) is 6.42 Å². The summed E-state index contributed by atoms with van der Waals surface area (Å²) in [5, 5.41) is 9.84. The van der Waals surface area contributed by atoms with Gasteiger partial charge in [-0.2, -0.15) is 0 Å². The minimum Gasteiger partial charge on any atom is -0.420 e. The molecular formula is C8H7BrN2OS. The molecular weight excluding hydrogens is 252 g/mol. The van der Waals surface area contributed by atoms with Crippen LogP contribution in [0.2, 0.25) is 0 Å². The number of hydrogen-bond donors (Lipinski definition) is 0. The van der Waals surface area contributed by atoms with E-state index in [1.165, 1.54) is 0 Å². The Morgan fingerprint density at radius 1 is 1.54 bits per heavy atom. The number of aryl methyl sites for hydroxylation is 1. The topological polar surface area (TPSA) is 38.9 Å². The Kier molecular flexibility index (Phi) is 2.46. The molecule has 68 valence electrons. The first kappa shape index (κ1) is 8.90. The molecule has 0 atom stereocenters. The van der Waals surface area contributed by atoms with E-state index < -0.39 is 0 Å². The van der Waals surface area contributed by atoms with Crippen LogP contribution in [0.4, 0.5) is 0 Å². The van der Waals surface area contributed by atoms with Crippen LogP contribution in [0.5, 0.6) is 0 Å². The van der Waals surface area contributed by atoms with Crippen molar-refractivity contribution in [1.29, 1.82) is 0 Å². The Balaban J connectivity index is 2.41. The average Bonchev–Trinajstić information content (AvgIpc) is 2.71. The van der Waals surface area contributed by atoms with E-state index in [2.05, 4.69) is 26.1 Å². The Hall–Kier alpha value is -0.680. The third kappa shape index (κ3) is 1.66. The van der Waals surface area contributed by atoms with Crippen molar-refractivity contribution < 1.29 is 4.42 Å². The molecule has 0 saturated carbocycles. The SMILES string of the molecule is CCc1nnc(-c2sccc2Br)o1. The minimum absolute atomic E-state index is 0.596. The smallest absolute Gasteiger partial charge is 0.258 e. The highest BCUT2D eigenvalue weighted by Gasteiger charge is 2.11. The predicted molar refractivity (Wildman–Crippen MR) is 54.7 cm³/mol. The van der Waals surface area contributed by atoms with Gasteiger partial charge < -0.3 is 4.42 Å². The number of aromatic nitrogens is 2. The summed E-state index contributed by atoms with van der Waals surface area (Å²) in [7, 11) is 0. The second kappa shape index (κ2) is 3.59. The van der Waals surface area contributed by atoms with E-state index in [-0.39, 0.29) is 0 Å². The lowest BCUT2D eigenvalue weighted by Crippen LogP contribution is -1.76. The van der Waals surface area contributed by atoms with Gasteiger partial charge in [-0.1, -0.05) is 6.92 Å². The summed E-state index contributed by atoms with van der Waals surface area (Å²) in [5.41, 5.74) is 0. The Labute approximate surface area is 87.9 Å². The third-order valence-electron chi connectivity index (χ3n) is 1.58. The largest absolute Gasteiger partial charge is 0.420 e. The van der Waals surface area contributed by atoms with E-state index in [9.17, 15) is 0 Å². The molecule has 0 aliphatic carbocycles. The van der Waals surface area contributed by atoms with E-state index in [0.717, 1.165) is 15.8 Å². The lowest BCUT2D eigenvalue weighted by atomic mass is 10.5. The summed E-state index contributed by atoms with van der Waals surface area (Å²) in [6, 6.07) is 1.97. The fourth-order valence-electron chi connectivity index (χ4n) is 0.935. The molecule has 0 saturated heterocycles. The zero-order chi connectivity index (χ0) is 9.26. The normalized spacial score (nSPS) is 10.6. The molecule has 2 rings (SSSR count). The van der Waals surface area contributed by atoms with Crippen molar-refractivity contribution in [1.82, 2.24) is 10.2 Å². The standard InChI is InChI=1S/C8H7BrN2OS/c1-2-6-10-11-8(12-6)7-5(9)3-4-13-7/h3-4H,2H2,1H3. The third-order valence-corrected chi connectivity index (χ3v) is 3.41. The molecule has 0 bridgehead atoms.